The van der Waals surface area contributed by atoms with Crippen LogP contribution < -0.4 is 4.74 Å². The quantitative estimate of drug-likeness (QED) is 0.447. The van der Waals surface area contributed by atoms with E-state index in [2.05, 4.69) is 36.3 Å². The summed E-state index contributed by atoms with van der Waals surface area (Å²) in [5, 5.41) is 12.3. The summed E-state index contributed by atoms with van der Waals surface area (Å²) in [7, 11) is 0. The van der Waals surface area contributed by atoms with E-state index < -0.39 is 0 Å². The lowest BCUT2D eigenvalue weighted by Crippen LogP contribution is -1.95. The summed E-state index contributed by atoms with van der Waals surface area (Å²) in [5.74, 6) is 1.02. The second-order valence-corrected chi connectivity index (χ2v) is 6.49. The van der Waals surface area contributed by atoms with Crippen LogP contribution in [-0.2, 0) is 6.61 Å². The van der Waals surface area contributed by atoms with Gasteiger partial charge in [-0.2, -0.15) is 4.98 Å². The van der Waals surface area contributed by atoms with Gasteiger partial charge in [0, 0.05) is 15.6 Å². The summed E-state index contributed by atoms with van der Waals surface area (Å²) >= 11 is 9.52. The molecule has 0 unspecified atom stereocenters. The molecule has 0 aliphatic rings. The topological polar surface area (TPSA) is 87.1 Å². The molecule has 0 amide bonds. The maximum Gasteiger partial charge on any atom is 0.418 e. The molecule has 0 saturated carbocycles. The molecular weight excluding hydrogens is 424 g/mol. The first-order valence-corrected chi connectivity index (χ1v) is 8.66. The molecule has 7 nitrogen and oxygen atoms in total. The second kappa shape index (κ2) is 7.27. The first-order valence-electron chi connectivity index (χ1n) is 7.49. The van der Waals surface area contributed by atoms with Gasteiger partial charge in [-0.05, 0) is 30.3 Å². The van der Waals surface area contributed by atoms with E-state index >= 15 is 0 Å². The number of benzene rings is 2. The van der Waals surface area contributed by atoms with E-state index in [9.17, 15) is 0 Å². The Labute approximate surface area is 161 Å². The van der Waals surface area contributed by atoms with E-state index in [1.54, 1.807) is 12.1 Å². The van der Waals surface area contributed by atoms with E-state index in [1.807, 2.05) is 36.4 Å². The van der Waals surface area contributed by atoms with Crippen molar-refractivity contribution in [3.63, 3.8) is 0 Å². The van der Waals surface area contributed by atoms with Crippen LogP contribution in [0.5, 0.6) is 6.08 Å². The normalized spacial score (nSPS) is 10.8. The van der Waals surface area contributed by atoms with Gasteiger partial charge in [0.05, 0.1) is 5.02 Å². The van der Waals surface area contributed by atoms with Gasteiger partial charge in [-0.3, -0.25) is 4.52 Å². The van der Waals surface area contributed by atoms with Gasteiger partial charge in [0.15, 0.2) is 6.61 Å². The highest BCUT2D eigenvalue weighted by molar-refractivity contribution is 9.10. The Balaban J connectivity index is 1.45. The van der Waals surface area contributed by atoms with Crippen molar-refractivity contribution in [2.45, 2.75) is 6.61 Å². The minimum Gasteiger partial charge on any atom is -0.439 e. The molecule has 0 N–H and O–H groups in total. The largest absolute Gasteiger partial charge is 0.439 e. The summed E-state index contributed by atoms with van der Waals surface area (Å²) in [6.07, 6.45) is -0.0119. The first kappa shape index (κ1) is 16.7. The molecule has 0 spiro atoms. The van der Waals surface area contributed by atoms with Crippen LogP contribution in [-0.4, -0.2) is 20.3 Å². The first-order chi connectivity index (χ1) is 12.7. The fourth-order valence-electron chi connectivity index (χ4n) is 2.19. The average Bonchev–Trinajstić information content (AvgIpc) is 3.30. The lowest BCUT2D eigenvalue weighted by molar-refractivity contribution is 0.177. The summed E-state index contributed by atoms with van der Waals surface area (Å²) in [6.45, 7) is 0.00512. The van der Waals surface area contributed by atoms with Crippen molar-refractivity contribution in [3.05, 3.63) is 63.9 Å². The fraction of sp³-hybridized carbons (Fsp3) is 0.0588. The molecular formula is C17H10BrClN4O3. The van der Waals surface area contributed by atoms with Crippen LogP contribution in [0.3, 0.4) is 0 Å². The summed E-state index contributed by atoms with van der Waals surface area (Å²) in [4.78, 5) is 4.15. The Morgan fingerprint density at radius 3 is 2.81 bits per heavy atom. The van der Waals surface area contributed by atoms with Crippen LogP contribution >= 0.6 is 27.5 Å². The molecule has 2 heterocycles. The van der Waals surface area contributed by atoms with E-state index in [-0.39, 0.29) is 18.6 Å². The third-order valence-corrected chi connectivity index (χ3v) is 4.20. The number of halogens is 2. The predicted octanol–water partition coefficient (Wildman–Crippen LogP) is 4.78. The zero-order chi connectivity index (χ0) is 17.9. The molecule has 2 aromatic heterocycles. The molecule has 0 saturated heterocycles. The smallest absolute Gasteiger partial charge is 0.418 e. The molecule has 0 radical (unpaired) electrons. The summed E-state index contributed by atoms with van der Waals surface area (Å²) < 4.78 is 17.0. The van der Waals surface area contributed by atoms with Crippen LogP contribution in [0, 0.1) is 0 Å². The Morgan fingerprint density at radius 1 is 1.08 bits per heavy atom. The van der Waals surface area contributed by atoms with Crippen LogP contribution in [0.1, 0.15) is 5.89 Å². The van der Waals surface area contributed by atoms with Crippen LogP contribution in [0.15, 0.2) is 61.9 Å². The van der Waals surface area contributed by atoms with E-state index in [4.69, 9.17) is 25.3 Å². The molecule has 0 bridgehead atoms. The van der Waals surface area contributed by atoms with Crippen molar-refractivity contribution >= 4 is 27.5 Å². The summed E-state index contributed by atoms with van der Waals surface area (Å²) in [6, 6.07) is 14.7. The van der Waals surface area contributed by atoms with Crippen molar-refractivity contribution < 1.29 is 13.7 Å². The molecule has 2 aromatic carbocycles. The molecule has 0 fully saturated rings. The Bertz CT molecular complexity index is 1050. The third kappa shape index (κ3) is 3.61. The van der Waals surface area contributed by atoms with Gasteiger partial charge in [0.2, 0.25) is 11.7 Å². The van der Waals surface area contributed by atoms with E-state index in [0.717, 1.165) is 10.0 Å². The molecule has 0 atom stereocenters. The zero-order valence-corrected chi connectivity index (χ0v) is 15.4. The molecule has 4 aromatic rings. The molecule has 0 aliphatic heterocycles. The van der Waals surface area contributed by atoms with Crippen molar-refractivity contribution in [1.29, 1.82) is 0 Å². The van der Waals surface area contributed by atoms with Gasteiger partial charge in [-0.25, -0.2) is 0 Å². The molecule has 0 aliphatic carbocycles. The highest BCUT2D eigenvalue weighted by atomic mass is 79.9. The number of nitrogens with zero attached hydrogens (tertiary/aromatic N) is 4. The lowest BCUT2D eigenvalue weighted by atomic mass is 10.2. The number of aromatic nitrogens is 4. The minimum atomic E-state index is -0.0119. The van der Waals surface area contributed by atoms with Crippen LogP contribution in [0.2, 0.25) is 5.02 Å². The maximum atomic E-state index is 6.11. The van der Waals surface area contributed by atoms with Gasteiger partial charge in [0.1, 0.15) is 0 Å². The van der Waals surface area contributed by atoms with E-state index in [0.29, 0.717) is 22.3 Å². The highest BCUT2D eigenvalue weighted by Gasteiger charge is 2.14. The third-order valence-electron chi connectivity index (χ3n) is 3.38. The monoisotopic (exact) mass is 432 g/mol. The van der Waals surface area contributed by atoms with Gasteiger partial charge in [-0.1, -0.05) is 50.9 Å². The minimum absolute atomic E-state index is 0.00512. The predicted molar refractivity (Wildman–Crippen MR) is 96.5 cm³/mol. The average molecular weight is 434 g/mol. The fourth-order valence-corrected chi connectivity index (χ4v) is 2.81. The van der Waals surface area contributed by atoms with Gasteiger partial charge in [-0.15, -0.1) is 10.2 Å². The van der Waals surface area contributed by atoms with Crippen molar-refractivity contribution in [2.24, 2.45) is 0 Å². The number of ether oxygens (including phenoxy) is 1. The van der Waals surface area contributed by atoms with Crippen LogP contribution in [0.4, 0.5) is 0 Å². The van der Waals surface area contributed by atoms with Gasteiger partial charge < -0.3 is 9.15 Å². The van der Waals surface area contributed by atoms with Crippen molar-refractivity contribution in [1.82, 2.24) is 20.3 Å². The van der Waals surface area contributed by atoms with Gasteiger partial charge in [0.25, 0.3) is 5.89 Å². The Hall–Kier alpha value is -2.71. The van der Waals surface area contributed by atoms with E-state index in [1.165, 1.54) is 0 Å². The Kier molecular flexibility index (Phi) is 4.68. The Morgan fingerprint density at radius 2 is 1.96 bits per heavy atom. The number of hydrogen-bond acceptors (Lipinski definition) is 7. The van der Waals surface area contributed by atoms with Crippen molar-refractivity contribution in [3.8, 4) is 28.9 Å². The zero-order valence-electron chi connectivity index (χ0n) is 13.1. The molecule has 4 rings (SSSR count). The van der Waals surface area contributed by atoms with Gasteiger partial charge >= 0.3 is 6.08 Å². The standard InChI is InChI=1S/C17H10BrClN4O3/c18-11-5-3-4-10(8-11)16-22-21-14(25-16)9-24-17-20-15(23-26-17)12-6-1-2-7-13(12)19/h1-8H,9H2. The second-order valence-electron chi connectivity index (χ2n) is 5.16. The summed E-state index contributed by atoms with van der Waals surface area (Å²) in [5.41, 5.74) is 1.46. The molecule has 130 valence electrons. The molecule has 26 heavy (non-hydrogen) atoms. The maximum absolute atomic E-state index is 6.11. The van der Waals surface area contributed by atoms with Crippen molar-refractivity contribution in [2.75, 3.05) is 0 Å². The SMILES string of the molecule is Clc1ccccc1-c1noc(OCc2nnc(-c3cccc(Br)c3)o2)n1. The lowest BCUT2D eigenvalue weighted by Gasteiger charge is -1.97. The van der Waals surface area contributed by atoms with Crippen LogP contribution in [0.25, 0.3) is 22.8 Å². The highest BCUT2D eigenvalue weighted by Crippen LogP contribution is 2.27. The number of hydrogen-bond donors (Lipinski definition) is 0. The molecule has 9 heteroatoms. The number of rotatable bonds is 5.